The van der Waals surface area contributed by atoms with Gasteiger partial charge >= 0.3 is 6.18 Å². The molecule has 2 N–H and O–H groups in total. The van der Waals surface area contributed by atoms with Gasteiger partial charge in [0.1, 0.15) is 0 Å². The van der Waals surface area contributed by atoms with Gasteiger partial charge in [-0.05, 0) is 0 Å². The van der Waals surface area contributed by atoms with E-state index in [1.54, 1.807) is 0 Å². The van der Waals surface area contributed by atoms with Crippen molar-refractivity contribution in [2.45, 2.75) is 12.3 Å². The Morgan fingerprint density at radius 1 is 1.31 bits per heavy atom. The number of thiol groups is 1. The molecule has 1 unspecified atom stereocenters. The number of hydrogen-bond donors (Lipinski definition) is 3. The Hall–Kier alpha value is 0.990. The second-order valence-corrected chi connectivity index (χ2v) is 2.13. The first-order chi connectivity index (χ1) is 5.37. The number of alkyl halides is 4. The van der Waals surface area contributed by atoms with Gasteiger partial charge in [-0.2, -0.15) is 25.8 Å². The minimum atomic E-state index is -4.62. The third-order valence-electron chi connectivity index (χ3n) is 0.573. The fourth-order valence-corrected chi connectivity index (χ4v) is 0.173. The van der Waals surface area contributed by atoms with E-state index in [9.17, 15) is 17.6 Å². The van der Waals surface area contributed by atoms with E-state index < -0.39 is 19.0 Å². The van der Waals surface area contributed by atoms with Crippen molar-refractivity contribution in [1.82, 2.24) is 0 Å². The fraction of sp³-hybridized carbons (Fsp3) is 1.00. The molecule has 2 nitrogen and oxygen atoms in total. The Labute approximate surface area is 101 Å². The van der Waals surface area contributed by atoms with Gasteiger partial charge in [0.2, 0.25) is 0 Å². The number of halogens is 4. The van der Waals surface area contributed by atoms with Crippen LogP contribution in [-0.4, -0.2) is 71.1 Å². The van der Waals surface area contributed by atoms with Crippen molar-refractivity contribution in [2.75, 3.05) is 19.0 Å². The van der Waals surface area contributed by atoms with Crippen molar-refractivity contribution >= 4 is 42.2 Å². The van der Waals surface area contributed by atoms with Crippen molar-refractivity contribution in [3.63, 3.8) is 0 Å². The summed E-state index contributed by atoms with van der Waals surface area (Å²) in [5.41, 5.74) is 0. The molecular formula is C5H10F4NaO2S. The first-order valence-corrected chi connectivity index (χ1v) is 3.53. The molecule has 0 heterocycles. The van der Waals surface area contributed by atoms with Crippen LogP contribution in [0, 0.1) is 0 Å². The zero-order valence-corrected chi connectivity index (χ0v) is 9.95. The van der Waals surface area contributed by atoms with E-state index in [0.29, 0.717) is 5.75 Å². The van der Waals surface area contributed by atoms with E-state index in [-0.39, 0.29) is 36.2 Å². The molecule has 0 aliphatic rings. The Morgan fingerprint density at radius 3 is 1.62 bits per heavy atom. The van der Waals surface area contributed by atoms with E-state index in [0.717, 1.165) is 0 Å². The third-order valence-corrected chi connectivity index (χ3v) is 0.995. The molecule has 0 spiro atoms. The molecule has 0 amide bonds. The zero-order chi connectivity index (χ0) is 10.2. The van der Waals surface area contributed by atoms with Gasteiger partial charge in [0.25, 0.3) is 0 Å². The molecule has 0 aromatic carbocycles. The Bertz CT molecular complexity index is 99.0. The summed E-state index contributed by atoms with van der Waals surface area (Å²) in [5.74, 6) is 0.330. The van der Waals surface area contributed by atoms with Crippen molar-refractivity contribution in [1.29, 1.82) is 0 Å². The molecule has 13 heavy (non-hydrogen) atoms. The molecule has 1 radical (unpaired) electrons. The number of aliphatic hydroxyl groups is 2. The molecule has 8 heteroatoms. The SMILES string of the molecule is FCC(F)(F)F.OCC(O)CS.[Na]. The van der Waals surface area contributed by atoms with Crippen LogP contribution in [-0.2, 0) is 0 Å². The van der Waals surface area contributed by atoms with E-state index >= 15 is 0 Å². The van der Waals surface area contributed by atoms with Crippen molar-refractivity contribution in [2.24, 2.45) is 0 Å². The molecule has 1 atom stereocenters. The van der Waals surface area contributed by atoms with Crippen LogP contribution in [0.4, 0.5) is 17.6 Å². The smallest absolute Gasteiger partial charge is 0.394 e. The molecule has 77 valence electrons. The minimum Gasteiger partial charge on any atom is -0.394 e. The van der Waals surface area contributed by atoms with Gasteiger partial charge < -0.3 is 10.2 Å². The quantitative estimate of drug-likeness (QED) is 0.367. The molecule has 0 aliphatic heterocycles. The Balaban J connectivity index is -0.000000143. The predicted octanol–water partition coefficient (Wildman–Crippen LogP) is 0.407. The Kier molecular flexibility index (Phi) is 16.6. The zero-order valence-electron chi connectivity index (χ0n) is 7.05. The van der Waals surface area contributed by atoms with Gasteiger partial charge in [0.05, 0.1) is 12.7 Å². The van der Waals surface area contributed by atoms with Crippen LogP contribution in [0.2, 0.25) is 0 Å². The van der Waals surface area contributed by atoms with Gasteiger partial charge in [0.15, 0.2) is 6.67 Å². The van der Waals surface area contributed by atoms with Crippen molar-refractivity contribution in [3.05, 3.63) is 0 Å². The van der Waals surface area contributed by atoms with Crippen LogP contribution < -0.4 is 0 Å². The third kappa shape index (κ3) is 24.6. The second kappa shape index (κ2) is 11.1. The van der Waals surface area contributed by atoms with E-state index in [4.69, 9.17) is 10.2 Å². The summed E-state index contributed by atoms with van der Waals surface area (Å²) in [5, 5.41) is 16.4. The van der Waals surface area contributed by atoms with E-state index in [1.807, 2.05) is 0 Å². The summed E-state index contributed by atoms with van der Waals surface area (Å²) in [4.78, 5) is 0. The molecule has 0 saturated heterocycles. The number of hydrogen-bond acceptors (Lipinski definition) is 3. The molecule has 0 aliphatic carbocycles. The monoisotopic (exact) mass is 233 g/mol. The molecule has 0 rings (SSSR count). The van der Waals surface area contributed by atoms with Crippen molar-refractivity contribution < 1.29 is 27.8 Å². The summed E-state index contributed by atoms with van der Waals surface area (Å²) >= 11 is 3.69. The van der Waals surface area contributed by atoms with E-state index in [2.05, 4.69) is 12.6 Å². The summed E-state index contributed by atoms with van der Waals surface area (Å²) in [6.45, 7) is -2.42. The van der Waals surface area contributed by atoms with E-state index in [1.165, 1.54) is 0 Å². The maximum absolute atomic E-state index is 10.4. The average molecular weight is 233 g/mol. The first kappa shape index (κ1) is 19.5. The largest absolute Gasteiger partial charge is 0.416 e. The van der Waals surface area contributed by atoms with Gasteiger partial charge in [-0.15, -0.1) is 0 Å². The average Bonchev–Trinajstić information content (AvgIpc) is 2.03. The van der Waals surface area contributed by atoms with Gasteiger partial charge in [0, 0.05) is 35.3 Å². The van der Waals surface area contributed by atoms with Crippen LogP contribution in [0.1, 0.15) is 0 Å². The predicted molar refractivity (Wildman–Crippen MR) is 44.7 cm³/mol. The van der Waals surface area contributed by atoms with Crippen LogP contribution in [0.15, 0.2) is 0 Å². The van der Waals surface area contributed by atoms with Crippen LogP contribution >= 0.6 is 12.6 Å². The van der Waals surface area contributed by atoms with Gasteiger partial charge in [-0.1, -0.05) is 0 Å². The molecule has 0 aromatic heterocycles. The van der Waals surface area contributed by atoms with Crippen molar-refractivity contribution in [3.8, 4) is 0 Å². The molecule has 0 bridgehead atoms. The fourth-order valence-electron chi connectivity index (χ4n) is 0.0577. The van der Waals surface area contributed by atoms with Crippen LogP contribution in [0.25, 0.3) is 0 Å². The summed E-state index contributed by atoms with van der Waals surface area (Å²) in [7, 11) is 0. The summed E-state index contributed by atoms with van der Waals surface area (Å²) in [6.07, 6.45) is -5.27. The van der Waals surface area contributed by atoms with Crippen LogP contribution in [0.5, 0.6) is 0 Å². The second-order valence-electron chi connectivity index (χ2n) is 1.77. The number of aliphatic hydroxyl groups excluding tert-OH is 2. The van der Waals surface area contributed by atoms with Gasteiger partial charge in [-0.3, -0.25) is 0 Å². The number of rotatable bonds is 2. The first-order valence-electron chi connectivity index (χ1n) is 2.89. The summed E-state index contributed by atoms with van der Waals surface area (Å²) in [6, 6.07) is 0. The Morgan fingerprint density at radius 2 is 1.62 bits per heavy atom. The molecular weight excluding hydrogens is 223 g/mol. The normalized spacial score (nSPS) is 12.2. The minimum absolute atomic E-state index is 0. The maximum atomic E-state index is 10.4. The molecule has 0 saturated carbocycles. The summed E-state index contributed by atoms with van der Waals surface area (Å²) < 4.78 is 41.6. The molecule has 0 aromatic rings. The van der Waals surface area contributed by atoms with Crippen LogP contribution in [0.3, 0.4) is 0 Å². The topological polar surface area (TPSA) is 40.5 Å². The maximum Gasteiger partial charge on any atom is 0.416 e. The molecule has 0 fully saturated rings. The van der Waals surface area contributed by atoms with Gasteiger partial charge in [-0.25, -0.2) is 4.39 Å². The standard InChI is InChI=1S/C3H8O2S.C2H2F4.Na/c4-1-3(5)2-6;3-1-2(4,5)6;/h3-6H,1-2H2;1H2;.